The summed E-state index contributed by atoms with van der Waals surface area (Å²) in [5.74, 6) is 0.220. The molecule has 1 atom stereocenters. The minimum atomic E-state index is 0.00833. The Balaban J connectivity index is 1.85. The molecule has 1 aliphatic carbocycles. The summed E-state index contributed by atoms with van der Waals surface area (Å²) in [7, 11) is 0. The zero-order valence-electron chi connectivity index (χ0n) is 6.72. The molecule has 0 aromatic rings. The lowest BCUT2D eigenvalue weighted by Gasteiger charge is -2.27. The fourth-order valence-corrected chi connectivity index (χ4v) is 1.76. The van der Waals surface area contributed by atoms with Crippen LogP contribution in [0.3, 0.4) is 0 Å². The molecular weight excluding hydrogens is 142 g/mol. The minimum absolute atomic E-state index is 0.00833. The normalized spacial score (nSPS) is 31.2. The van der Waals surface area contributed by atoms with Crippen LogP contribution in [0.5, 0.6) is 0 Å². The Bertz CT molecular complexity index is 187. The van der Waals surface area contributed by atoms with E-state index in [1.165, 1.54) is 0 Å². The van der Waals surface area contributed by atoms with Crippen molar-refractivity contribution in [2.45, 2.75) is 13.3 Å². The van der Waals surface area contributed by atoms with Gasteiger partial charge in [0.25, 0.3) is 0 Å². The summed E-state index contributed by atoms with van der Waals surface area (Å²) in [6.07, 6.45) is 1.04. The molecule has 2 aliphatic rings. The maximum absolute atomic E-state index is 11.2. The van der Waals surface area contributed by atoms with Crippen molar-refractivity contribution in [1.82, 2.24) is 5.32 Å². The summed E-state index contributed by atoms with van der Waals surface area (Å²) in [5, 5.41) is 3.18. The minimum Gasteiger partial charge on any atom is -0.466 e. The molecule has 3 nitrogen and oxygen atoms in total. The van der Waals surface area contributed by atoms with Crippen LogP contribution < -0.4 is 5.32 Å². The molecule has 3 heteroatoms. The lowest BCUT2D eigenvalue weighted by Crippen LogP contribution is -2.46. The van der Waals surface area contributed by atoms with E-state index >= 15 is 0 Å². The van der Waals surface area contributed by atoms with Crippen molar-refractivity contribution in [2.75, 3.05) is 19.7 Å². The van der Waals surface area contributed by atoms with Gasteiger partial charge in [0.15, 0.2) is 0 Å². The average Bonchev–Trinajstić information content (AvgIpc) is 2.60. The molecule has 1 heterocycles. The van der Waals surface area contributed by atoms with Crippen molar-refractivity contribution in [1.29, 1.82) is 0 Å². The molecule has 1 N–H and O–H groups in total. The Morgan fingerprint density at radius 1 is 1.73 bits per heavy atom. The second-order valence-electron chi connectivity index (χ2n) is 3.47. The van der Waals surface area contributed by atoms with E-state index in [-0.39, 0.29) is 11.9 Å². The number of hydrogen-bond donors (Lipinski definition) is 1. The van der Waals surface area contributed by atoms with Gasteiger partial charge in [0, 0.05) is 18.5 Å². The van der Waals surface area contributed by atoms with Crippen LogP contribution in [-0.2, 0) is 9.53 Å². The van der Waals surface area contributed by atoms with Gasteiger partial charge in [0.05, 0.1) is 12.5 Å². The molecular formula is C8H13NO2. The van der Waals surface area contributed by atoms with Gasteiger partial charge in [-0.25, -0.2) is 0 Å². The highest BCUT2D eigenvalue weighted by Gasteiger charge is 2.62. The molecule has 0 aromatic heterocycles. The van der Waals surface area contributed by atoms with Gasteiger partial charge in [-0.3, -0.25) is 4.79 Å². The highest BCUT2D eigenvalue weighted by atomic mass is 16.5. The first kappa shape index (κ1) is 7.10. The monoisotopic (exact) mass is 155 g/mol. The van der Waals surface area contributed by atoms with Gasteiger partial charge in [-0.15, -0.1) is 0 Å². The highest BCUT2D eigenvalue weighted by Crippen LogP contribution is 2.55. The number of esters is 1. The van der Waals surface area contributed by atoms with Gasteiger partial charge in [0.1, 0.15) is 0 Å². The van der Waals surface area contributed by atoms with Gasteiger partial charge in [-0.1, -0.05) is 0 Å². The van der Waals surface area contributed by atoms with E-state index in [4.69, 9.17) is 4.74 Å². The molecule has 1 saturated carbocycles. The highest BCUT2D eigenvalue weighted by molar-refractivity contribution is 5.77. The second-order valence-corrected chi connectivity index (χ2v) is 3.47. The summed E-state index contributed by atoms with van der Waals surface area (Å²) in [4.78, 5) is 11.2. The van der Waals surface area contributed by atoms with E-state index in [0.717, 1.165) is 19.5 Å². The summed E-state index contributed by atoms with van der Waals surface area (Å²) < 4.78 is 4.93. The Hall–Kier alpha value is -0.570. The second kappa shape index (κ2) is 2.21. The third-order valence-electron chi connectivity index (χ3n) is 2.71. The van der Waals surface area contributed by atoms with Crippen molar-refractivity contribution >= 4 is 5.97 Å². The van der Waals surface area contributed by atoms with Gasteiger partial charge in [-0.2, -0.15) is 0 Å². The molecule has 1 saturated heterocycles. The number of hydrogen-bond acceptors (Lipinski definition) is 3. The van der Waals surface area contributed by atoms with Crippen LogP contribution in [0.2, 0.25) is 0 Å². The quantitative estimate of drug-likeness (QED) is 0.577. The van der Waals surface area contributed by atoms with Crippen molar-refractivity contribution < 1.29 is 9.53 Å². The van der Waals surface area contributed by atoms with Gasteiger partial charge in [0.2, 0.25) is 0 Å². The summed E-state index contributed by atoms with van der Waals surface area (Å²) >= 11 is 0. The van der Waals surface area contributed by atoms with Crippen LogP contribution in [0.25, 0.3) is 0 Å². The third-order valence-corrected chi connectivity index (χ3v) is 2.71. The first-order valence-electron chi connectivity index (χ1n) is 4.16. The fourth-order valence-electron chi connectivity index (χ4n) is 1.76. The predicted octanol–water partition coefficient (Wildman–Crippen LogP) is 0.159. The Labute approximate surface area is 66.1 Å². The van der Waals surface area contributed by atoms with Crippen LogP contribution in [0.1, 0.15) is 13.3 Å². The van der Waals surface area contributed by atoms with Gasteiger partial charge >= 0.3 is 5.97 Å². The molecule has 0 radical (unpaired) electrons. The molecule has 11 heavy (non-hydrogen) atoms. The first-order chi connectivity index (χ1) is 5.28. The van der Waals surface area contributed by atoms with Crippen LogP contribution in [0, 0.1) is 11.3 Å². The third kappa shape index (κ3) is 0.948. The van der Waals surface area contributed by atoms with Crippen LogP contribution in [-0.4, -0.2) is 25.7 Å². The molecule has 1 aliphatic heterocycles. The number of nitrogens with one attached hydrogen (secondary N) is 1. The Morgan fingerprint density at radius 2 is 2.45 bits per heavy atom. The standard InChI is InChI=1S/C8H13NO2/c1-2-11-7(10)6-3-8(6)4-9-5-8/h6,9H,2-5H2,1H3. The Morgan fingerprint density at radius 3 is 2.82 bits per heavy atom. The van der Waals surface area contributed by atoms with E-state index in [2.05, 4.69) is 5.32 Å². The van der Waals surface area contributed by atoms with Crippen molar-refractivity contribution in [2.24, 2.45) is 11.3 Å². The van der Waals surface area contributed by atoms with Crippen LogP contribution in [0.4, 0.5) is 0 Å². The van der Waals surface area contributed by atoms with Crippen LogP contribution in [0.15, 0.2) is 0 Å². The lowest BCUT2D eigenvalue weighted by atomic mass is 9.97. The summed E-state index contributed by atoms with van der Waals surface area (Å²) in [6.45, 7) is 4.39. The summed E-state index contributed by atoms with van der Waals surface area (Å²) in [6, 6.07) is 0. The number of ether oxygens (including phenoxy) is 1. The average molecular weight is 155 g/mol. The fraction of sp³-hybridized carbons (Fsp3) is 0.875. The Kier molecular flexibility index (Phi) is 1.42. The number of carbonyl (C=O) groups is 1. The smallest absolute Gasteiger partial charge is 0.309 e. The largest absolute Gasteiger partial charge is 0.466 e. The van der Waals surface area contributed by atoms with E-state index in [0.29, 0.717) is 12.0 Å². The van der Waals surface area contributed by atoms with E-state index < -0.39 is 0 Å². The van der Waals surface area contributed by atoms with Crippen molar-refractivity contribution in [3.05, 3.63) is 0 Å². The molecule has 0 amide bonds. The molecule has 0 aromatic carbocycles. The molecule has 2 fully saturated rings. The van der Waals surface area contributed by atoms with E-state index in [1.54, 1.807) is 0 Å². The molecule has 0 bridgehead atoms. The number of carbonyl (C=O) groups excluding carboxylic acids is 1. The first-order valence-corrected chi connectivity index (χ1v) is 4.16. The molecule has 1 unspecified atom stereocenters. The zero-order chi connectivity index (χ0) is 7.90. The SMILES string of the molecule is CCOC(=O)C1CC12CNC2. The number of rotatable bonds is 2. The maximum Gasteiger partial charge on any atom is 0.309 e. The van der Waals surface area contributed by atoms with E-state index in [1.807, 2.05) is 6.92 Å². The van der Waals surface area contributed by atoms with Gasteiger partial charge < -0.3 is 10.1 Å². The topological polar surface area (TPSA) is 38.3 Å². The maximum atomic E-state index is 11.2. The van der Waals surface area contributed by atoms with Crippen molar-refractivity contribution in [3.63, 3.8) is 0 Å². The molecule has 1 spiro atoms. The molecule has 2 rings (SSSR count). The van der Waals surface area contributed by atoms with Gasteiger partial charge in [-0.05, 0) is 13.3 Å². The lowest BCUT2D eigenvalue weighted by molar-refractivity contribution is -0.146. The zero-order valence-corrected chi connectivity index (χ0v) is 6.72. The van der Waals surface area contributed by atoms with Crippen molar-refractivity contribution in [3.8, 4) is 0 Å². The van der Waals surface area contributed by atoms with Crippen LogP contribution >= 0.6 is 0 Å². The summed E-state index contributed by atoms with van der Waals surface area (Å²) in [5.41, 5.74) is 0.326. The predicted molar refractivity (Wildman–Crippen MR) is 40.0 cm³/mol. The molecule has 62 valence electrons. The van der Waals surface area contributed by atoms with E-state index in [9.17, 15) is 4.79 Å².